The van der Waals surface area contributed by atoms with Gasteiger partial charge in [0, 0.05) is 19.1 Å². The average molecular weight is 369 g/mol. The van der Waals surface area contributed by atoms with E-state index in [1.54, 1.807) is 0 Å². The first-order chi connectivity index (χ1) is 11.2. The summed E-state index contributed by atoms with van der Waals surface area (Å²) in [6.45, 7) is 1.39. The zero-order valence-corrected chi connectivity index (χ0v) is 14.1. The van der Waals surface area contributed by atoms with Crippen LogP contribution in [0.5, 0.6) is 0 Å². The van der Waals surface area contributed by atoms with Gasteiger partial charge in [0.25, 0.3) is 0 Å². The van der Waals surface area contributed by atoms with E-state index in [9.17, 15) is 26.4 Å². The van der Waals surface area contributed by atoms with E-state index < -0.39 is 21.1 Å². The molecule has 3 aliphatic heterocycles. The number of hydrogen-bond donors (Lipinski definition) is 1. The number of alkyl halides is 3. The molecule has 10 heteroatoms. The molecule has 0 aromatic heterocycles. The van der Waals surface area contributed by atoms with Crippen LogP contribution in [0.2, 0.25) is 0 Å². The van der Waals surface area contributed by atoms with E-state index >= 15 is 0 Å². The lowest BCUT2D eigenvalue weighted by molar-refractivity contribution is -0.131. The number of carbonyl (C=O) groups excluding carboxylic acids is 1. The zero-order chi connectivity index (χ0) is 17.6. The van der Waals surface area contributed by atoms with Crippen LogP contribution in [-0.4, -0.2) is 66.8 Å². The van der Waals surface area contributed by atoms with Gasteiger partial charge in [-0.3, -0.25) is 9.69 Å². The van der Waals surface area contributed by atoms with Crippen LogP contribution in [0, 0.1) is 0 Å². The van der Waals surface area contributed by atoms with E-state index in [1.807, 2.05) is 0 Å². The van der Waals surface area contributed by atoms with E-state index in [0.717, 1.165) is 38.8 Å². The molecular formula is C14H22F3N3O3S. The molecule has 0 saturated carbocycles. The molecule has 138 valence electrons. The van der Waals surface area contributed by atoms with Gasteiger partial charge < -0.3 is 5.32 Å². The van der Waals surface area contributed by atoms with Gasteiger partial charge in [-0.25, -0.2) is 8.42 Å². The highest BCUT2D eigenvalue weighted by molar-refractivity contribution is 7.90. The summed E-state index contributed by atoms with van der Waals surface area (Å²) in [7, 11) is -5.27. The SMILES string of the molecule is O=C(NC1CCN(S(=O)(=O)C(F)(F)F)CC1)C12CCCN1CCC2. The zero-order valence-electron chi connectivity index (χ0n) is 13.3. The van der Waals surface area contributed by atoms with Crippen LogP contribution >= 0.6 is 0 Å². The van der Waals surface area contributed by atoms with Crippen LogP contribution in [0.3, 0.4) is 0 Å². The van der Waals surface area contributed by atoms with Gasteiger partial charge in [0.2, 0.25) is 5.91 Å². The van der Waals surface area contributed by atoms with Gasteiger partial charge in [0.15, 0.2) is 0 Å². The number of fused-ring (bicyclic) bond motifs is 1. The highest BCUT2D eigenvalue weighted by Gasteiger charge is 2.52. The van der Waals surface area contributed by atoms with Gasteiger partial charge in [-0.05, 0) is 51.6 Å². The molecule has 3 fully saturated rings. The van der Waals surface area contributed by atoms with Crippen molar-refractivity contribution in [3.63, 3.8) is 0 Å². The molecule has 24 heavy (non-hydrogen) atoms. The average Bonchev–Trinajstić information content (AvgIpc) is 3.07. The summed E-state index contributed by atoms with van der Waals surface area (Å²) in [6, 6.07) is -0.269. The van der Waals surface area contributed by atoms with Crippen LogP contribution in [0.15, 0.2) is 0 Å². The topological polar surface area (TPSA) is 69.7 Å². The smallest absolute Gasteiger partial charge is 0.352 e. The van der Waals surface area contributed by atoms with Gasteiger partial charge in [-0.15, -0.1) is 0 Å². The van der Waals surface area contributed by atoms with E-state index in [1.165, 1.54) is 0 Å². The first kappa shape index (κ1) is 17.9. The van der Waals surface area contributed by atoms with Crippen molar-refractivity contribution in [2.24, 2.45) is 0 Å². The summed E-state index contributed by atoms with van der Waals surface area (Å²) >= 11 is 0. The van der Waals surface area contributed by atoms with Crippen molar-refractivity contribution in [1.82, 2.24) is 14.5 Å². The van der Waals surface area contributed by atoms with Crippen molar-refractivity contribution < 1.29 is 26.4 Å². The number of rotatable bonds is 3. The van der Waals surface area contributed by atoms with Gasteiger partial charge in [0.1, 0.15) is 5.54 Å². The second-order valence-electron chi connectivity index (χ2n) is 6.82. The van der Waals surface area contributed by atoms with Gasteiger partial charge in [0.05, 0.1) is 0 Å². The highest BCUT2D eigenvalue weighted by Crippen LogP contribution is 2.39. The number of amides is 1. The predicted molar refractivity (Wildman–Crippen MR) is 80.5 cm³/mol. The Balaban J connectivity index is 1.57. The fraction of sp³-hybridized carbons (Fsp3) is 0.929. The molecule has 0 unspecified atom stereocenters. The van der Waals surface area contributed by atoms with Crippen molar-refractivity contribution in [2.45, 2.75) is 55.6 Å². The maximum Gasteiger partial charge on any atom is 0.511 e. The molecule has 3 heterocycles. The summed E-state index contributed by atoms with van der Waals surface area (Å²) in [5, 5.41) is 2.95. The quantitative estimate of drug-likeness (QED) is 0.807. The molecule has 0 spiro atoms. The lowest BCUT2D eigenvalue weighted by Gasteiger charge is -2.36. The highest BCUT2D eigenvalue weighted by atomic mass is 32.2. The first-order valence-corrected chi connectivity index (χ1v) is 9.73. The lowest BCUT2D eigenvalue weighted by atomic mass is 9.92. The normalized spacial score (nSPS) is 26.5. The van der Waals surface area contributed by atoms with Crippen molar-refractivity contribution >= 4 is 15.9 Å². The number of piperidine rings is 1. The van der Waals surface area contributed by atoms with E-state index in [2.05, 4.69) is 10.2 Å². The molecule has 1 amide bonds. The molecule has 0 aromatic carbocycles. The van der Waals surface area contributed by atoms with E-state index in [0.29, 0.717) is 4.31 Å². The monoisotopic (exact) mass is 369 g/mol. The summed E-state index contributed by atoms with van der Waals surface area (Å²) in [4.78, 5) is 14.9. The third-order valence-corrected chi connectivity index (χ3v) is 7.12. The molecule has 0 bridgehead atoms. The molecule has 3 rings (SSSR count). The fourth-order valence-electron chi connectivity index (χ4n) is 4.18. The number of halogens is 3. The number of sulfonamides is 1. The molecule has 1 N–H and O–H groups in total. The molecular weight excluding hydrogens is 347 g/mol. The lowest BCUT2D eigenvalue weighted by Crippen LogP contribution is -2.56. The number of carbonyl (C=O) groups is 1. The van der Waals surface area contributed by atoms with Crippen LogP contribution < -0.4 is 5.32 Å². The Kier molecular flexibility index (Phi) is 4.59. The number of nitrogens with one attached hydrogen (secondary N) is 1. The third-order valence-electron chi connectivity index (χ3n) is 5.49. The van der Waals surface area contributed by atoms with Crippen LogP contribution in [-0.2, 0) is 14.8 Å². The summed E-state index contributed by atoms with van der Waals surface area (Å²) in [6.07, 6.45) is 4.01. The molecule has 3 saturated heterocycles. The second kappa shape index (κ2) is 6.14. The Bertz CT molecular complexity index is 590. The van der Waals surface area contributed by atoms with Crippen LogP contribution in [0.1, 0.15) is 38.5 Å². The first-order valence-electron chi connectivity index (χ1n) is 8.29. The summed E-state index contributed by atoms with van der Waals surface area (Å²) in [5.74, 6) is -0.0466. The Hall–Kier alpha value is -0.870. The summed E-state index contributed by atoms with van der Waals surface area (Å²) < 4.78 is 61.0. The molecule has 6 nitrogen and oxygen atoms in total. The maximum atomic E-state index is 12.7. The van der Waals surface area contributed by atoms with Crippen molar-refractivity contribution in [3.05, 3.63) is 0 Å². The van der Waals surface area contributed by atoms with Crippen molar-refractivity contribution in [2.75, 3.05) is 26.2 Å². The molecule has 0 aliphatic carbocycles. The molecule has 3 aliphatic rings. The Morgan fingerprint density at radius 2 is 1.58 bits per heavy atom. The van der Waals surface area contributed by atoms with E-state index in [-0.39, 0.29) is 37.9 Å². The van der Waals surface area contributed by atoms with Crippen LogP contribution in [0.25, 0.3) is 0 Å². The minimum atomic E-state index is -5.27. The molecule has 0 atom stereocenters. The Morgan fingerprint density at radius 1 is 1.04 bits per heavy atom. The largest absolute Gasteiger partial charge is 0.511 e. The van der Waals surface area contributed by atoms with Gasteiger partial charge in [-0.1, -0.05) is 0 Å². The number of hydrogen-bond acceptors (Lipinski definition) is 4. The Labute approximate surface area is 139 Å². The maximum absolute atomic E-state index is 12.7. The van der Waals surface area contributed by atoms with Crippen molar-refractivity contribution in [1.29, 1.82) is 0 Å². The van der Waals surface area contributed by atoms with Gasteiger partial charge in [-0.2, -0.15) is 17.5 Å². The van der Waals surface area contributed by atoms with E-state index in [4.69, 9.17) is 0 Å². The summed E-state index contributed by atoms with van der Waals surface area (Å²) in [5.41, 5.74) is -5.72. The minimum absolute atomic E-state index is 0.0466. The minimum Gasteiger partial charge on any atom is -0.352 e. The molecule has 0 aromatic rings. The van der Waals surface area contributed by atoms with Crippen LogP contribution in [0.4, 0.5) is 13.2 Å². The standard InChI is InChI=1S/C14H22F3N3O3S/c15-14(16,17)24(22,23)20-9-3-11(4-10-20)18-12(21)13-5-1-7-19(13)8-2-6-13/h11H,1-10H2,(H,18,21). The fourth-order valence-corrected chi connectivity index (χ4v) is 5.17. The second-order valence-corrected chi connectivity index (χ2v) is 8.75. The number of nitrogens with zero attached hydrogens (tertiary/aromatic N) is 2. The van der Waals surface area contributed by atoms with Crippen molar-refractivity contribution in [3.8, 4) is 0 Å². The third kappa shape index (κ3) is 2.92. The Morgan fingerprint density at radius 3 is 2.08 bits per heavy atom. The molecule has 0 radical (unpaired) electrons. The van der Waals surface area contributed by atoms with Gasteiger partial charge >= 0.3 is 15.5 Å². The predicted octanol–water partition coefficient (Wildman–Crippen LogP) is 1.04.